The van der Waals surface area contributed by atoms with Crippen LogP contribution in [0.3, 0.4) is 0 Å². The molecule has 0 saturated carbocycles. The van der Waals surface area contributed by atoms with Crippen LogP contribution in [0.1, 0.15) is 21.9 Å². The maximum Gasteiger partial charge on any atom is 0.308 e. The number of carbonyl (C=O) groups is 3. The van der Waals surface area contributed by atoms with Gasteiger partial charge in [-0.3, -0.25) is 23.7 Å². The van der Waals surface area contributed by atoms with Crippen molar-refractivity contribution >= 4 is 68.1 Å². The number of aryl methyl sites for hydroxylation is 1. The van der Waals surface area contributed by atoms with E-state index in [-0.39, 0.29) is 29.1 Å². The van der Waals surface area contributed by atoms with Crippen LogP contribution in [0.25, 0.3) is 0 Å². The van der Waals surface area contributed by atoms with Gasteiger partial charge in [-0.05, 0) is 60.5 Å². The fraction of sp³-hybridized carbons (Fsp3) is 0.200. The highest BCUT2D eigenvalue weighted by atomic mass is 79.9. The van der Waals surface area contributed by atoms with Crippen molar-refractivity contribution in [3.8, 4) is 5.75 Å². The summed E-state index contributed by atoms with van der Waals surface area (Å²) in [4.78, 5) is 55.8. The highest BCUT2D eigenvalue weighted by molar-refractivity contribution is 9.10. The number of fused-ring (bicyclic) bond motifs is 2. The number of carbonyl (C=O) groups excluding carboxylic acids is 3. The molecule has 11 heteroatoms. The van der Waals surface area contributed by atoms with Gasteiger partial charge in [-0.25, -0.2) is 4.90 Å². The lowest BCUT2D eigenvalue weighted by Gasteiger charge is -2.30. The maximum absolute atomic E-state index is 14.0. The Morgan fingerprint density at radius 2 is 1.68 bits per heavy atom. The Hall–Kier alpha value is -3.67. The second kappa shape index (κ2) is 11.0. The number of anilines is 2. The number of hydrogen-bond donors (Lipinski definition) is 1. The van der Waals surface area contributed by atoms with Crippen LogP contribution in [0.5, 0.6) is 5.75 Å². The van der Waals surface area contributed by atoms with Gasteiger partial charge in [-0.15, -0.1) is 0 Å². The Bertz CT molecular complexity index is 1730. The molecule has 3 amide bonds. The zero-order valence-electron chi connectivity index (χ0n) is 22.0. The summed E-state index contributed by atoms with van der Waals surface area (Å²) >= 11 is 5.62. The second-order valence-corrected chi connectivity index (χ2v) is 12.8. The molecule has 1 aromatic heterocycles. The minimum Gasteiger partial charge on any atom is -0.497 e. The van der Waals surface area contributed by atoms with E-state index >= 15 is 0 Å². The first-order chi connectivity index (χ1) is 19.8. The van der Waals surface area contributed by atoms with Gasteiger partial charge >= 0.3 is 4.87 Å². The lowest BCUT2D eigenvalue weighted by molar-refractivity contribution is -0.122. The standard InChI is InChI=1S/C30H24BrN3O5S2/c1-16-5-3-4-6-21(16)32-22(35)15-33-29-26(41-30(33)38)23(17-7-13-20(39-2)14-8-17)24-25(40-29)28(37)34(27(24)36)19-11-9-18(31)10-12-19/h3-14,23-25H,15H2,1-2H3,(H,32,35). The van der Waals surface area contributed by atoms with Crippen LogP contribution in [0.4, 0.5) is 11.4 Å². The third kappa shape index (κ3) is 4.92. The summed E-state index contributed by atoms with van der Waals surface area (Å²) in [5.41, 5.74) is 2.85. The quantitative estimate of drug-likeness (QED) is 0.280. The number of amides is 3. The maximum atomic E-state index is 14.0. The third-order valence-electron chi connectivity index (χ3n) is 7.33. The van der Waals surface area contributed by atoms with Crippen molar-refractivity contribution in [2.75, 3.05) is 17.3 Å². The lowest BCUT2D eigenvalue weighted by atomic mass is 9.83. The van der Waals surface area contributed by atoms with E-state index in [2.05, 4.69) is 21.2 Å². The van der Waals surface area contributed by atoms with Crippen LogP contribution < -0.4 is 19.8 Å². The van der Waals surface area contributed by atoms with Crippen LogP contribution in [-0.4, -0.2) is 34.6 Å². The number of nitrogens with one attached hydrogen (secondary N) is 1. The minimum absolute atomic E-state index is 0.211. The molecule has 41 heavy (non-hydrogen) atoms. The van der Waals surface area contributed by atoms with E-state index < -0.39 is 17.1 Å². The number of halogens is 1. The molecule has 0 radical (unpaired) electrons. The molecule has 3 aromatic carbocycles. The Labute approximate surface area is 252 Å². The van der Waals surface area contributed by atoms with Crippen molar-refractivity contribution in [1.29, 1.82) is 0 Å². The summed E-state index contributed by atoms with van der Waals surface area (Å²) in [6.07, 6.45) is 0. The first-order valence-electron chi connectivity index (χ1n) is 12.8. The van der Waals surface area contributed by atoms with Crippen LogP contribution in [0.2, 0.25) is 0 Å². The predicted molar refractivity (Wildman–Crippen MR) is 163 cm³/mol. The summed E-state index contributed by atoms with van der Waals surface area (Å²) in [6.45, 7) is 1.68. The van der Waals surface area contributed by atoms with Crippen LogP contribution in [-0.2, 0) is 20.9 Å². The van der Waals surface area contributed by atoms with Crippen molar-refractivity contribution in [2.24, 2.45) is 5.92 Å². The minimum atomic E-state index is -0.759. The summed E-state index contributed by atoms with van der Waals surface area (Å²) in [5, 5.41) is 2.67. The number of benzene rings is 3. The van der Waals surface area contributed by atoms with E-state index in [0.29, 0.717) is 27.0 Å². The molecule has 3 heterocycles. The van der Waals surface area contributed by atoms with E-state index in [1.54, 1.807) is 49.6 Å². The van der Waals surface area contributed by atoms with Gasteiger partial charge in [0.1, 0.15) is 17.5 Å². The van der Waals surface area contributed by atoms with Gasteiger partial charge in [-0.1, -0.05) is 69.4 Å². The molecule has 1 fully saturated rings. The molecule has 4 aromatic rings. The summed E-state index contributed by atoms with van der Waals surface area (Å²) in [7, 11) is 1.57. The average Bonchev–Trinajstić information content (AvgIpc) is 3.41. The van der Waals surface area contributed by atoms with Gasteiger partial charge < -0.3 is 10.1 Å². The lowest BCUT2D eigenvalue weighted by Crippen LogP contribution is -2.33. The molecule has 1 saturated heterocycles. The normalized spacial score (nSPS) is 19.6. The van der Waals surface area contributed by atoms with Crippen LogP contribution in [0.15, 0.2) is 87.1 Å². The van der Waals surface area contributed by atoms with Gasteiger partial charge in [0.05, 0.1) is 23.7 Å². The summed E-state index contributed by atoms with van der Waals surface area (Å²) in [5.74, 6) is -1.62. The van der Waals surface area contributed by atoms with Crippen LogP contribution >= 0.6 is 39.0 Å². The number of imide groups is 1. The topological polar surface area (TPSA) is 97.7 Å². The average molecular weight is 651 g/mol. The molecule has 2 aliphatic rings. The van der Waals surface area contributed by atoms with Crippen molar-refractivity contribution < 1.29 is 19.1 Å². The zero-order valence-corrected chi connectivity index (χ0v) is 25.2. The van der Waals surface area contributed by atoms with E-state index in [0.717, 1.165) is 26.9 Å². The van der Waals surface area contributed by atoms with Crippen molar-refractivity contribution in [3.05, 3.63) is 103 Å². The number of thioether (sulfide) groups is 1. The Morgan fingerprint density at radius 3 is 2.37 bits per heavy atom. The molecule has 0 bridgehead atoms. The third-order valence-corrected chi connectivity index (χ3v) is 10.5. The summed E-state index contributed by atoms with van der Waals surface area (Å²) in [6, 6.07) is 21.8. The van der Waals surface area contributed by atoms with E-state index in [1.807, 2.05) is 37.3 Å². The van der Waals surface area contributed by atoms with Gasteiger partial charge in [-0.2, -0.15) is 0 Å². The largest absolute Gasteiger partial charge is 0.497 e. The number of nitrogens with zero attached hydrogens (tertiary/aromatic N) is 2. The molecule has 3 atom stereocenters. The molecule has 3 unspecified atom stereocenters. The molecular weight excluding hydrogens is 626 g/mol. The number of aromatic nitrogens is 1. The zero-order chi connectivity index (χ0) is 28.8. The van der Waals surface area contributed by atoms with Crippen LogP contribution in [0, 0.1) is 12.8 Å². The number of para-hydroxylation sites is 1. The molecule has 2 aliphatic heterocycles. The highest BCUT2D eigenvalue weighted by Crippen LogP contribution is 2.54. The molecule has 0 spiro atoms. The summed E-state index contributed by atoms with van der Waals surface area (Å²) < 4.78 is 7.58. The fourth-order valence-corrected chi connectivity index (χ4v) is 8.35. The van der Waals surface area contributed by atoms with Gasteiger partial charge in [0, 0.05) is 21.0 Å². The number of methoxy groups -OCH3 is 1. The monoisotopic (exact) mass is 649 g/mol. The van der Waals surface area contributed by atoms with Crippen molar-refractivity contribution in [2.45, 2.75) is 29.7 Å². The van der Waals surface area contributed by atoms with E-state index in [9.17, 15) is 19.2 Å². The molecule has 208 valence electrons. The Kier molecular flexibility index (Phi) is 7.35. The Balaban J connectivity index is 1.41. The molecule has 0 aliphatic carbocycles. The number of thiazole rings is 1. The fourth-order valence-electron chi connectivity index (χ4n) is 5.32. The molecule has 1 N–H and O–H groups in total. The van der Waals surface area contributed by atoms with E-state index in [1.165, 1.54) is 21.2 Å². The second-order valence-electron chi connectivity index (χ2n) is 9.79. The predicted octanol–water partition coefficient (Wildman–Crippen LogP) is 5.42. The Morgan fingerprint density at radius 1 is 0.976 bits per heavy atom. The SMILES string of the molecule is COc1ccc(C2c3sc(=O)n(CC(=O)Nc4ccccc4C)c3SC3C(=O)N(c4ccc(Br)cc4)C(=O)C32)cc1. The first kappa shape index (κ1) is 27.5. The number of rotatable bonds is 6. The smallest absolute Gasteiger partial charge is 0.308 e. The van der Waals surface area contributed by atoms with Gasteiger partial charge in [0.2, 0.25) is 17.7 Å². The van der Waals surface area contributed by atoms with E-state index in [4.69, 9.17) is 4.74 Å². The van der Waals surface area contributed by atoms with Crippen molar-refractivity contribution in [3.63, 3.8) is 0 Å². The number of hydrogen-bond acceptors (Lipinski definition) is 7. The molecule has 6 rings (SSSR count). The van der Waals surface area contributed by atoms with Crippen molar-refractivity contribution in [1.82, 2.24) is 4.57 Å². The van der Waals surface area contributed by atoms with Gasteiger partial charge in [0.25, 0.3) is 0 Å². The van der Waals surface area contributed by atoms with Gasteiger partial charge in [0.15, 0.2) is 0 Å². The molecular formula is C30H24BrN3O5S2. The number of ether oxygens (including phenoxy) is 1. The molecule has 8 nitrogen and oxygen atoms in total. The highest BCUT2D eigenvalue weighted by Gasteiger charge is 2.56. The first-order valence-corrected chi connectivity index (χ1v) is 15.3.